The minimum atomic E-state index is -0.528. The molecule has 0 saturated carbocycles. The van der Waals surface area contributed by atoms with Crippen LogP contribution >= 0.6 is 0 Å². The highest BCUT2D eigenvalue weighted by Crippen LogP contribution is 2.27. The number of rotatable bonds is 3. The lowest BCUT2D eigenvalue weighted by molar-refractivity contribution is -0.384. The fraction of sp³-hybridized carbons (Fsp3) is 0.500. The van der Waals surface area contributed by atoms with Crippen LogP contribution in [0.2, 0.25) is 0 Å². The van der Waals surface area contributed by atoms with Crippen molar-refractivity contribution >= 4 is 11.4 Å². The van der Waals surface area contributed by atoms with Gasteiger partial charge in [0.05, 0.1) is 17.1 Å². The van der Waals surface area contributed by atoms with Crippen molar-refractivity contribution in [3.8, 4) is 0 Å². The van der Waals surface area contributed by atoms with Gasteiger partial charge in [0.1, 0.15) is 5.69 Å². The van der Waals surface area contributed by atoms with Gasteiger partial charge in [0, 0.05) is 12.6 Å². The maximum absolute atomic E-state index is 11.0. The van der Waals surface area contributed by atoms with Gasteiger partial charge in [-0.25, -0.2) is 0 Å². The smallest absolute Gasteiger partial charge is 0.292 e. The Morgan fingerprint density at radius 3 is 3.00 bits per heavy atom. The molecule has 6 nitrogen and oxygen atoms in total. The highest BCUT2D eigenvalue weighted by atomic mass is 16.6. The first-order chi connectivity index (χ1) is 8.58. The number of aryl methyl sites for hydroxylation is 1. The van der Waals surface area contributed by atoms with E-state index in [9.17, 15) is 15.2 Å². The average Bonchev–Trinajstić information content (AvgIpc) is 2.34. The minimum Gasteiger partial charge on any atom is -0.390 e. The van der Waals surface area contributed by atoms with E-state index in [1.54, 1.807) is 6.07 Å². The predicted molar refractivity (Wildman–Crippen MR) is 68.7 cm³/mol. The zero-order valence-electron chi connectivity index (χ0n) is 10.2. The molecule has 18 heavy (non-hydrogen) atoms. The summed E-state index contributed by atoms with van der Waals surface area (Å²) >= 11 is 0. The average molecular weight is 251 g/mol. The predicted octanol–water partition coefficient (Wildman–Crippen LogP) is 1.04. The number of benzene rings is 1. The first-order valence-corrected chi connectivity index (χ1v) is 5.98. The second kappa shape index (κ2) is 5.32. The van der Waals surface area contributed by atoms with Crippen LogP contribution in [-0.2, 0) is 0 Å². The highest BCUT2D eigenvalue weighted by Gasteiger charge is 2.25. The molecule has 0 aromatic heterocycles. The monoisotopic (exact) mass is 251 g/mol. The van der Waals surface area contributed by atoms with Crippen LogP contribution in [0.3, 0.4) is 0 Å². The van der Waals surface area contributed by atoms with E-state index in [1.807, 2.05) is 13.0 Å². The molecule has 1 heterocycles. The van der Waals surface area contributed by atoms with Gasteiger partial charge in [0.2, 0.25) is 0 Å². The van der Waals surface area contributed by atoms with E-state index < -0.39 is 11.0 Å². The van der Waals surface area contributed by atoms with Gasteiger partial charge in [-0.1, -0.05) is 6.07 Å². The third kappa shape index (κ3) is 2.77. The number of nitro groups is 1. The molecule has 1 saturated heterocycles. The van der Waals surface area contributed by atoms with Crippen molar-refractivity contribution in [2.75, 3.05) is 18.4 Å². The second-order valence-corrected chi connectivity index (χ2v) is 4.59. The lowest BCUT2D eigenvalue weighted by Gasteiger charge is -2.29. The van der Waals surface area contributed by atoms with Gasteiger partial charge in [-0.2, -0.15) is 0 Å². The second-order valence-electron chi connectivity index (χ2n) is 4.59. The molecule has 98 valence electrons. The number of nitrogens with zero attached hydrogens (tertiary/aromatic N) is 1. The lowest BCUT2D eigenvalue weighted by atomic mass is 10.0. The van der Waals surface area contributed by atoms with E-state index in [-0.39, 0.29) is 11.7 Å². The van der Waals surface area contributed by atoms with E-state index in [0.717, 1.165) is 18.5 Å². The number of hydrogen-bond donors (Lipinski definition) is 3. The van der Waals surface area contributed by atoms with Crippen LogP contribution in [0, 0.1) is 17.0 Å². The van der Waals surface area contributed by atoms with Crippen LogP contribution < -0.4 is 10.6 Å². The summed E-state index contributed by atoms with van der Waals surface area (Å²) in [6.07, 6.45) is 0.214. The first-order valence-electron chi connectivity index (χ1n) is 5.98. The van der Waals surface area contributed by atoms with E-state index in [0.29, 0.717) is 12.2 Å². The molecule has 1 fully saturated rings. The molecule has 0 radical (unpaired) electrons. The van der Waals surface area contributed by atoms with Gasteiger partial charge in [-0.3, -0.25) is 10.1 Å². The zero-order chi connectivity index (χ0) is 13.1. The Hall–Kier alpha value is -1.66. The highest BCUT2D eigenvalue weighted by molar-refractivity contribution is 5.63. The van der Waals surface area contributed by atoms with Gasteiger partial charge in [-0.05, 0) is 31.5 Å². The normalized spacial score (nSPS) is 23.7. The third-order valence-electron chi connectivity index (χ3n) is 3.14. The van der Waals surface area contributed by atoms with Crippen LogP contribution in [0.1, 0.15) is 12.0 Å². The number of aliphatic hydroxyl groups excluding tert-OH is 1. The minimum absolute atomic E-state index is 0.0562. The number of hydrogen-bond acceptors (Lipinski definition) is 5. The molecule has 0 bridgehead atoms. The van der Waals surface area contributed by atoms with Crippen LogP contribution in [-0.4, -0.2) is 35.3 Å². The van der Waals surface area contributed by atoms with Gasteiger partial charge >= 0.3 is 0 Å². The van der Waals surface area contributed by atoms with Crippen molar-refractivity contribution in [3.63, 3.8) is 0 Å². The molecule has 0 amide bonds. The maximum Gasteiger partial charge on any atom is 0.292 e. The third-order valence-corrected chi connectivity index (χ3v) is 3.14. The molecule has 0 aliphatic carbocycles. The SMILES string of the molecule is Cc1ccc(NC2CCNC[C@@H]2O)c([N+](=O)[O-])c1. The Morgan fingerprint density at radius 2 is 2.33 bits per heavy atom. The van der Waals surface area contributed by atoms with E-state index >= 15 is 0 Å². The van der Waals surface area contributed by atoms with Crippen LogP contribution in [0.15, 0.2) is 18.2 Å². The molecule has 0 spiro atoms. The van der Waals surface area contributed by atoms with Crippen LogP contribution in [0.4, 0.5) is 11.4 Å². The number of aliphatic hydroxyl groups is 1. The number of piperidine rings is 1. The summed E-state index contributed by atoms with van der Waals surface area (Å²) in [5.41, 5.74) is 1.37. The Kier molecular flexibility index (Phi) is 3.78. The summed E-state index contributed by atoms with van der Waals surface area (Å²) in [5, 5.41) is 27.0. The fourth-order valence-corrected chi connectivity index (χ4v) is 2.13. The quantitative estimate of drug-likeness (QED) is 0.552. The molecule has 1 aromatic carbocycles. The molecular formula is C12H17N3O3. The maximum atomic E-state index is 11.0. The number of β-amino-alcohol motifs (C(OH)–C–C–N with tert-alkyl or cyclic N) is 1. The molecule has 3 N–H and O–H groups in total. The Morgan fingerprint density at radius 1 is 1.56 bits per heavy atom. The topological polar surface area (TPSA) is 87.4 Å². The summed E-state index contributed by atoms with van der Waals surface area (Å²) in [6, 6.07) is 4.91. The van der Waals surface area contributed by atoms with Crippen molar-refractivity contribution in [2.45, 2.75) is 25.5 Å². The standard InChI is InChI=1S/C12H17N3O3/c1-8-2-3-9(11(6-8)15(17)18)14-10-4-5-13-7-12(10)16/h2-3,6,10,12-14,16H,4-5,7H2,1H3/t10?,12-/m0/s1. The summed E-state index contributed by atoms with van der Waals surface area (Å²) < 4.78 is 0. The van der Waals surface area contributed by atoms with Gasteiger partial charge in [0.25, 0.3) is 5.69 Å². The van der Waals surface area contributed by atoms with E-state index in [4.69, 9.17) is 0 Å². The number of nitrogens with one attached hydrogen (secondary N) is 2. The molecule has 2 atom stereocenters. The number of anilines is 1. The lowest BCUT2D eigenvalue weighted by Crippen LogP contribution is -2.47. The molecule has 1 aromatic rings. The van der Waals surface area contributed by atoms with Crippen molar-refractivity contribution < 1.29 is 10.0 Å². The van der Waals surface area contributed by atoms with Crippen molar-refractivity contribution in [2.24, 2.45) is 0 Å². The van der Waals surface area contributed by atoms with Gasteiger partial charge in [0.15, 0.2) is 0 Å². The molecule has 6 heteroatoms. The molecular weight excluding hydrogens is 234 g/mol. The summed E-state index contributed by atoms with van der Waals surface area (Å²) in [5.74, 6) is 0. The van der Waals surface area contributed by atoms with Crippen molar-refractivity contribution in [1.29, 1.82) is 0 Å². The molecule has 1 aliphatic heterocycles. The largest absolute Gasteiger partial charge is 0.390 e. The molecule has 1 aliphatic rings. The fourth-order valence-electron chi connectivity index (χ4n) is 2.13. The van der Waals surface area contributed by atoms with Crippen molar-refractivity contribution in [1.82, 2.24) is 5.32 Å². The molecule has 1 unspecified atom stereocenters. The van der Waals surface area contributed by atoms with Crippen LogP contribution in [0.25, 0.3) is 0 Å². The Bertz CT molecular complexity index is 450. The summed E-state index contributed by atoms with van der Waals surface area (Å²) in [6.45, 7) is 3.13. The van der Waals surface area contributed by atoms with Gasteiger partial charge in [-0.15, -0.1) is 0 Å². The Labute approximate surface area is 105 Å². The Balaban J connectivity index is 2.20. The first kappa shape index (κ1) is 12.8. The summed E-state index contributed by atoms with van der Waals surface area (Å²) in [4.78, 5) is 10.6. The van der Waals surface area contributed by atoms with Crippen molar-refractivity contribution in [3.05, 3.63) is 33.9 Å². The van der Waals surface area contributed by atoms with Gasteiger partial charge < -0.3 is 15.7 Å². The van der Waals surface area contributed by atoms with E-state index in [1.165, 1.54) is 6.07 Å². The van der Waals surface area contributed by atoms with Crippen LogP contribution in [0.5, 0.6) is 0 Å². The molecule has 2 rings (SSSR count). The van der Waals surface area contributed by atoms with E-state index in [2.05, 4.69) is 10.6 Å². The zero-order valence-corrected chi connectivity index (χ0v) is 10.2. The number of nitro benzene ring substituents is 1. The summed E-state index contributed by atoms with van der Waals surface area (Å²) in [7, 11) is 0.